The third kappa shape index (κ3) is 28.8. The van der Waals surface area contributed by atoms with Gasteiger partial charge in [0.25, 0.3) is 0 Å². The van der Waals surface area contributed by atoms with Gasteiger partial charge in [0.15, 0.2) is 18.9 Å². The molecule has 12 N–H and O–H groups in total. The predicted octanol–water partition coefficient (Wildman–Crippen LogP) is 6.43. The maximum Gasteiger partial charge on any atom is 0.220 e. The summed E-state index contributed by atoms with van der Waals surface area (Å²) in [6.07, 6.45) is 26.3. The summed E-state index contributed by atoms with van der Waals surface area (Å²) < 4.78 is 34.2. The first kappa shape index (κ1) is 73.7. The summed E-state index contributed by atoms with van der Waals surface area (Å²) in [4.78, 5) is 13.3. The standard InChI is InChI=1S/C63H111NO18/c1-3-5-7-9-11-13-15-17-19-21-22-23-24-25-26-28-30-32-34-36-38-40-47(68)46(64-51(69)41-39-37-35-33-31-29-27-20-18-16-14-12-10-8-6-4-2)45-77-61-57(75)54(72)59(49(43-66)79-61)82-63-58(76)55(73)60(50(44-67)80-63)81-62-56(74)53(71)52(70)48(42-65)78-62/h14,16,20,24-25,27,30,32,38,40,46-50,52-63,65-68,70-76H,3-13,15,17-19,21-23,26,28-29,31,33-37,39,41-45H2,1-2H3,(H,64,69)/b16-14-,25-24+,27-20-,32-30+,40-38+. The van der Waals surface area contributed by atoms with Crippen molar-refractivity contribution in [2.24, 2.45) is 0 Å². The van der Waals surface area contributed by atoms with E-state index in [0.717, 1.165) is 70.6 Å². The van der Waals surface area contributed by atoms with Crippen LogP contribution in [0, 0.1) is 0 Å². The molecule has 0 saturated carbocycles. The zero-order chi connectivity index (χ0) is 59.7. The van der Waals surface area contributed by atoms with E-state index in [-0.39, 0.29) is 18.9 Å². The smallest absolute Gasteiger partial charge is 0.220 e. The van der Waals surface area contributed by atoms with Crippen LogP contribution < -0.4 is 5.32 Å². The molecule has 19 nitrogen and oxygen atoms in total. The molecule has 3 rings (SSSR count). The molecule has 1 amide bonds. The summed E-state index contributed by atoms with van der Waals surface area (Å²) in [6.45, 7) is 1.66. The number of carbonyl (C=O) groups is 1. The van der Waals surface area contributed by atoms with Crippen LogP contribution in [0.3, 0.4) is 0 Å². The fourth-order valence-electron chi connectivity index (χ4n) is 10.3. The fraction of sp³-hybridized carbons (Fsp3) is 0.825. The van der Waals surface area contributed by atoms with Crippen LogP contribution in [0.15, 0.2) is 60.8 Å². The molecule has 0 bridgehead atoms. The summed E-state index contributed by atoms with van der Waals surface area (Å²) >= 11 is 0. The molecule has 0 aromatic carbocycles. The van der Waals surface area contributed by atoms with Crippen LogP contribution in [0.2, 0.25) is 0 Å². The molecule has 3 saturated heterocycles. The molecule has 17 atom stereocenters. The Morgan fingerprint density at radius 3 is 1.30 bits per heavy atom. The lowest BCUT2D eigenvalue weighted by molar-refractivity contribution is -0.379. The number of carbonyl (C=O) groups excluding carboxylic acids is 1. The Morgan fingerprint density at radius 1 is 0.439 bits per heavy atom. The van der Waals surface area contributed by atoms with Crippen LogP contribution in [0.4, 0.5) is 0 Å². The van der Waals surface area contributed by atoms with Gasteiger partial charge in [-0.2, -0.15) is 0 Å². The Balaban J connectivity index is 1.51. The molecule has 0 aliphatic carbocycles. The van der Waals surface area contributed by atoms with Gasteiger partial charge in [-0.05, 0) is 77.0 Å². The van der Waals surface area contributed by atoms with Gasteiger partial charge in [0.2, 0.25) is 5.91 Å². The quantitative estimate of drug-likeness (QED) is 0.0231. The maximum atomic E-state index is 13.3. The van der Waals surface area contributed by atoms with E-state index in [2.05, 4.69) is 67.8 Å². The molecule has 476 valence electrons. The Morgan fingerprint density at radius 2 is 0.817 bits per heavy atom. The first-order chi connectivity index (χ1) is 39.8. The maximum absolute atomic E-state index is 13.3. The highest BCUT2D eigenvalue weighted by atomic mass is 16.8. The number of aliphatic hydroxyl groups excluding tert-OH is 11. The Bertz CT molecular complexity index is 1730. The van der Waals surface area contributed by atoms with Crippen molar-refractivity contribution >= 4 is 5.91 Å². The molecule has 19 heteroatoms. The van der Waals surface area contributed by atoms with Crippen molar-refractivity contribution in [3.8, 4) is 0 Å². The number of allylic oxidation sites excluding steroid dienone is 9. The topological polar surface area (TPSA) is 307 Å². The number of amides is 1. The molecule has 3 aliphatic heterocycles. The molecule has 17 unspecified atom stereocenters. The molecular weight excluding hydrogens is 1060 g/mol. The molecule has 3 fully saturated rings. The minimum absolute atomic E-state index is 0.214. The van der Waals surface area contributed by atoms with Gasteiger partial charge in [-0.15, -0.1) is 0 Å². The largest absolute Gasteiger partial charge is 0.394 e. The lowest BCUT2D eigenvalue weighted by Gasteiger charge is -2.48. The second-order valence-corrected chi connectivity index (χ2v) is 22.5. The Hall–Kier alpha value is -2.51. The zero-order valence-corrected chi connectivity index (χ0v) is 49.7. The zero-order valence-electron chi connectivity index (χ0n) is 49.7. The van der Waals surface area contributed by atoms with E-state index in [1.165, 1.54) is 96.3 Å². The molecule has 3 heterocycles. The second kappa shape index (κ2) is 45.8. The van der Waals surface area contributed by atoms with Gasteiger partial charge in [-0.3, -0.25) is 4.79 Å². The first-order valence-electron chi connectivity index (χ1n) is 31.5. The van der Waals surface area contributed by atoms with E-state index in [9.17, 15) is 61.0 Å². The molecule has 0 aromatic rings. The number of nitrogens with one attached hydrogen (secondary N) is 1. The number of rotatable bonds is 46. The third-order valence-electron chi connectivity index (χ3n) is 15.5. The highest BCUT2D eigenvalue weighted by molar-refractivity contribution is 5.76. The summed E-state index contributed by atoms with van der Waals surface area (Å²) in [5, 5.41) is 120. The van der Waals surface area contributed by atoms with Gasteiger partial charge in [0.05, 0.1) is 38.6 Å². The summed E-state index contributed by atoms with van der Waals surface area (Å²) in [6, 6.07) is -1.01. The number of unbranched alkanes of at least 4 members (excludes halogenated alkanes) is 22. The van der Waals surface area contributed by atoms with Crippen LogP contribution in [0.25, 0.3) is 0 Å². The number of aliphatic hydroxyl groups is 11. The monoisotopic (exact) mass is 1170 g/mol. The minimum atomic E-state index is -1.99. The van der Waals surface area contributed by atoms with Crippen molar-refractivity contribution in [2.75, 3.05) is 26.4 Å². The lowest BCUT2D eigenvalue weighted by Crippen LogP contribution is -2.66. The van der Waals surface area contributed by atoms with Gasteiger partial charge in [-0.25, -0.2) is 0 Å². The van der Waals surface area contributed by atoms with Crippen molar-refractivity contribution in [3.63, 3.8) is 0 Å². The van der Waals surface area contributed by atoms with Crippen molar-refractivity contribution in [2.45, 2.75) is 304 Å². The Kier molecular flexibility index (Phi) is 41.2. The second-order valence-electron chi connectivity index (χ2n) is 22.5. The van der Waals surface area contributed by atoms with E-state index < -0.39 is 124 Å². The van der Waals surface area contributed by atoms with Crippen LogP contribution in [-0.4, -0.2) is 193 Å². The number of ether oxygens (including phenoxy) is 6. The van der Waals surface area contributed by atoms with Crippen LogP contribution >= 0.6 is 0 Å². The molecule has 0 radical (unpaired) electrons. The van der Waals surface area contributed by atoms with Gasteiger partial charge < -0.3 is 89.9 Å². The average molecular weight is 1170 g/mol. The minimum Gasteiger partial charge on any atom is -0.394 e. The summed E-state index contributed by atoms with van der Waals surface area (Å²) in [5.41, 5.74) is 0. The van der Waals surface area contributed by atoms with Crippen LogP contribution in [0.1, 0.15) is 200 Å². The molecule has 82 heavy (non-hydrogen) atoms. The van der Waals surface area contributed by atoms with Gasteiger partial charge >= 0.3 is 0 Å². The van der Waals surface area contributed by atoms with Crippen molar-refractivity contribution in [1.82, 2.24) is 5.32 Å². The highest BCUT2D eigenvalue weighted by Gasteiger charge is 2.53. The third-order valence-corrected chi connectivity index (χ3v) is 15.5. The fourth-order valence-corrected chi connectivity index (χ4v) is 10.3. The Labute approximate surface area is 490 Å². The highest BCUT2D eigenvalue weighted by Crippen LogP contribution is 2.33. The summed E-state index contributed by atoms with van der Waals surface area (Å²) in [5.74, 6) is -0.305. The normalized spacial score (nSPS) is 30.0. The van der Waals surface area contributed by atoms with Gasteiger partial charge in [-0.1, -0.05) is 177 Å². The SMILES string of the molecule is CCCCCC/C=C\C/C=C\CCCCCCCC(=O)NC(COC1OC(CO)C(OC2OC(CO)C(OC3OC(CO)C(O)C(O)C3O)C(O)C2O)C(O)C1O)C(O)/C=C/CC/C=C/CC/C=C/CCCCCCCCCCCCC. The van der Waals surface area contributed by atoms with E-state index in [1.807, 2.05) is 6.08 Å². The molecule has 0 aromatic heterocycles. The van der Waals surface area contributed by atoms with Crippen molar-refractivity contribution < 1.29 is 89.4 Å². The first-order valence-corrected chi connectivity index (χ1v) is 31.5. The van der Waals surface area contributed by atoms with E-state index in [0.29, 0.717) is 12.8 Å². The van der Waals surface area contributed by atoms with Gasteiger partial charge in [0.1, 0.15) is 73.2 Å². The number of hydrogen-bond donors (Lipinski definition) is 12. The van der Waals surface area contributed by atoms with Crippen molar-refractivity contribution in [3.05, 3.63) is 60.8 Å². The predicted molar refractivity (Wildman–Crippen MR) is 314 cm³/mol. The summed E-state index contributed by atoms with van der Waals surface area (Å²) in [7, 11) is 0. The molecular formula is C63H111NO18. The van der Waals surface area contributed by atoms with E-state index >= 15 is 0 Å². The van der Waals surface area contributed by atoms with E-state index in [4.69, 9.17) is 28.4 Å². The van der Waals surface area contributed by atoms with Crippen LogP contribution in [-0.2, 0) is 33.2 Å². The van der Waals surface area contributed by atoms with E-state index in [1.54, 1.807) is 6.08 Å². The van der Waals surface area contributed by atoms with Gasteiger partial charge in [0, 0.05) is 6.42 Å². The lowest BCUT2D eigenvalue weighted by atomic mass is 9.96. The molecule has 0 spiro atoms. The number of hydrogen-bond acceptors (Lipinski definition) is 18. The average Bonchev–Trinajstić information content (AvgIpc) is 3.24. The van der Waals surface area contributed by atoms with Crippen LogP contribution in [0.5, 0.6) is 0 Å². The molecule has 3 aliphatic rings. The van der Waals surface area contributed by atoms with Crippen molar-refractivity contribution in [1.29, 1.82) is 0 Å².